The lowest BCUT2D eigenvalue weighted by molar-refractivity contribution is 0.444. The first-order valence-electron chi connectivity index (χ1n) is 7.17. The molecule has 2 unspecified atom stereocenters. The molecule has 2 aliphatic heterocycles. The number of rotatable bonds is 3. The predicted molar refractivity (Wildman–Crippen MR) is 83.3 cm³/mol. The van der Waals surface area contributed by atoms with Crippen LogP contribution >= 0.6 is 11.3 Å². The highest BCUT2D eigenvalue weighted by Gasteiger charge is 2.45. The van der Waals surface area contributed by atoms with Gasteiger partial charge in [0.1, 0.15) is 0 Å². The van der Waals surface area contributed by atoms with Gasteiger partial charge in [-0.15, -0.1) is 11.3 Å². The van der Waals surface area contributed by atoms with Crippen molar-refractivity contribution in [2.45, 2.75) is 5.16 Å². The van der Waals surface area contributed by atoms with Gasteiger partial charge in [0, 0.05) is 57.2 Å². The second-order valence-electron chi connectivity index (χ2n) is 5.88. The van der Waals surface area contributed by atoms with Gasteiger partial charge in [0.05, 0.1) is 0 Å². The van der Waals surface area contributed by atoms with E-state index in [9.17, 15) is 8.42 Å². The zero-order chi connectivity index (χ0) is 15.3. The van der Waals surface area contributed by atoms with Crippen LogP contribution in [0, 0.1) is 11.8 Å². The van der Waals surface area contributed by atoms with E-state index in [0.717, 1.165) is 18.2 Å². The molecule has 0 amide bonds. The third kappa shape index (κ3) is 2.15. The van der Waals surface area contributed by atoms with Crippen LogP contribution in [0.4, 0.5) is 5.13 Å². The molecule has 2 aliphatic rings. The summed E-state index contributed by atoms with van der Waals surface area (Å²) >= 11 is 1.63. The van der Waals surface area contributed by atoms with E-state index in [0.29, 0.717) is 24.9 Å². The smallest absolute Gasteiger partial charge is 0.277 e. The summed E-state index contributed by atoms with van der Waals surface area (Å²) in [7, 11) is -1.78. The number of imidazole rings is 1. The zero-order valence-corrected chi connectivity index (χ0v) is 13.8. The third-order valence-electron chi connectivity index (χ3n) is 4.49. The molecule has 2 saturated heterocycles. The first-order chi connectivity index (χ1) is 10.6. The molecular weight excluding hydrogens is 322 g/mol. The summed E-state index contributed by atoms with van der Waals surface area (Å²) in [5.74, 6) is 0.748. The number of hydrogen-bond acceptors (Lipinski definition) is 6. The number of hydrogen-bond donors (Lipinski definition) is 0. The van der Waals surface area contributed by atoms with Crippen LogP contribution in [-0.4, -0.2) is 53.4 Å². The summed E-state index contributed by atoms with van der Waals surface area (Å²) in [6, 6.07) is 0. The molecule has 22 heavy (non-hydrogen) atoms. The van der Waals surface area contributed by atoms with Gasteiger partial charge in [0.2, 0.25) is 5.16 Å². The van der Waals surface area contributed by atoms with Crippen molar-refractivity contribution in [3.05, 3.63) is 24.0 Å². The minimum atomic E-state index is -3.49. The fraction of sp³-hybridized carbons (Fsp3) is 0.538. The Morgan fingerprint density at radius 2 is 1.86 bits per heavy atom. The molecule has 2 aromatic heterocycles. The highest BCUT2D eigenvalue weighted by atomic mass is 32.2. The molecule has 0 N–H and O–H groups in total. The Morgan fingerprint density at radius 3 is 2.41 bits per heavy atom. The van der Waals surface area contributed by atoms with Gasteiger partial charge in [-0.3, -0.25) is 0 Å². The number of sulfonamides is 1. The summed E-state index contributed by atoms with van der Waals surface area (Å²) in [6.07, 6.45) is 4.99. The zero-order valence-electron chi connectivity index (χ0n) is 12.2. The first-order valence-corrected chi connectivity index (χ1v) is 9.49. The minimum absolute atomic E-state index is 0.129. The highest BCUT2D eigenvalue weighted by molar-refractivity contribution is 7.89. The molecule has 0 saturated carbocycles. The van der Waals surface area contributed by atoms with Crippen LogP contribution in [0.2, 0.25) is 0 Å². The van der Waals surface area contributed by atoms with Gasteiger partial charge in [-0.05, 0) is 11.8 Å². The molecule has 2 atom stereocenters. The Labute approximate surface area is 133 Å². The summed E-state index contributed by atoms with van der Waals surface area (Å²) in [4.78, 5) is 10.6. The molecule has 4 heterocycles. The minimum Gasteiger partial charge on any atom is -0.347 e. The molecule has 118 valence electrons. The summed E-state index contributed by atoms with van der Waals surface area (Å²) in [6.45, 7) is 2.90. The predicted octanol–water partition coefficient (Wildman–Crippen LogP) is 0.633. The molecule has 2 fully saturated rings. The monoisotopic (exact) mass is 339 g/mol. The lowest BCUT2D eigenvalue weighted by atomic mass is 10.0. The number of aryl methyl sites for hydroxylation is 1. The largest absolute Gasteiger partial charge is 0.347 e. The molecule has 0 aromatic carbocycles. The summed E-state index contributed by atoms with van der Waals surface area (Å²) < 4.78 is 28.5. The lowest BCUT2D eigenvalue weighted by Crippen LogP contribution is -2.34. The van der Waals surface area contributed by atoms with Crippen molar-refractivity contribution in [2.24, 2.45) is 18.9 Å². The molecule has 0 radical (unpaired) electrons. The van der Waals surface area contributed by atoms with Gasteiger partial charge in [0.15, 0.2) is 5.13 Å². The standard InChI is InChI=1S/C13H17N5O2S2/c1-16-4-2-15-13(16)22(19,20)18-8-10-6-17(7-11(10)9-18)12-14-3-5-21-12/h2-5,10-11H,6-9H2,1H3. The molecule has 4 rings (SSSR count). The van der Waals surface area contributed by atoms with Crippen LogP contribution in [0.3, 0.4) is 0 Å². The van der Waals surface area contributed by atoms with E-state index in [1.165, 1.54) is 6.20 Å². The van der Waals surface area contributed by atoms with Gasteiger partial charge >= 0.3 is 0 Å². The normalized spacial score (nSPS) is 25.8. The maximum Gasteiger partial charge on any atom is 0.277 e. The van der Waals surface area contributed by atoms with E-state index < -0.39 is 10.0 Å². The van der Waals surface area contributed by atoms with Crippen molar-refractivity contribution in [3.63, 3.8) is 0 Å². The van der Waals surface area contributed by atoms with E-state index in [1.54, 1.807) is 33.5 Å². The van der Waals surface area contributed by atoms with Gasteiger partial charge < -0.3 is 9.47 Å². The van der Waals surface area contributed by atoms with E-state index in [4.69, 9.17) is 0 Å². The first kappa shape index (κ1) is 14.2. The van der Waals surface area contributed by atoms with Gasteiger partial charge in [-0.2, -0.15) is 4.31 Å². The average molecular weight is 339 g/mol. The van der Waals surface area contributed by atoms with Crippen LogP contribution in [0.5, 0.6) is 0 Å². The Bertz CT molecular complexity index is 756. The van der Waals surface area contributed by atoms with E-state index in [-0.39, 0.29) is 5.16 Å². The number of anilines is 1. The molecule has 0 bridgehead atoms. The quantitative estimate of drug-likeness (QED) is 0.820. The molecule has 2 aromatic rings. The summed E-state index contributed by atoms with van der Waals surface area (Å²) in [5.41, 5.74) is 0. The van der Waals surface area contributed by atoms with Crippen molar-refractivity contribution >= 4 is 26.5 Å². The third-order valence-corrected chi connectivity index (χ3v) is 7.16. The van der Waals surface area contributed by atoms with E-state index in [2.05, 4.69) is 14.9 Å². The van der Waals surface area contributed by atoms with Crippen LogP contribution < -0.4 is 4.90 Å². The van der Waals surface area contributed by atoms with Crippen LogP contribution in [-0.2, 0) is 17.1 Å². The Kier molecular flexibility index (Phi) is 3.24. The molecule has 7 nitrogen and oxygen atoms in total. The number of aromatic nitrogens is 3. The van der Waals surface area contributed by atoms with Crippen LogP contribution in [0.25, 0.3) is 0 Å². The Morgan fingerprint density at radius 1 is 1.14 bits per heavy atom. The average Bonchev–Trinajstić information content (AvgIpc) is 3.21. The van der Waals surface area contributed by atoms with Gasteiger partial charge in [-0.25, -0.2) is 18.4 Å². The lowest BCUT2D eigenvalue weighted by Gasteiger charge is -2.20. The second-order valence-corrected chi connectivity index (χ2v) is 8.59. The maximum atomic E-state index is 12.7. The molecular formula is C13H17N5O2S2. The van der Waals surface area contributed by atoms with Crippen molar-refractivity contribution in [2.75, 3.05) is 31.1 Å². The van der Waals surface area contributed by atoms with Gasteiger partial charge in [0.25, 0.3) is 10.0 Å². The molecule has 0 spiro atoms. The molecule has 9 heteroatoms. The van der Waals surface area contributed by atoms with E-state index >= 15 is 0 Å². The van der Waals surface area contributed by atoms with Gasteiger partial charge in [-0.1, -0.05) is 0 Å². The SMILES string of the molecule is Cn1ccnc1S(=O)(=O)N1CC2CN(c3nccs3)CC2C1. The topological polar surface area (TPSA) is 71.3 Å². The van der Waals surface area contributed by atoms with Crippen molar-refractivity contribution in [3.8, 4) is 0 Å². The maximum absolute atomic E-state index is 12.7. The Balaban J connectivity index is 1.51. The summed E-state index contributed by atoms with van der Waals surface area (Å²) in [5, 5.41) is 3.14. The number of nitrogens with zero attached hydrogens (tertiary/aromatic N) is 5. The number of fused-ring (bicyclic) bond motifs is 1. The van der Waals surface area contributed by atoms with Crippen LogP contribution in [0.15, 0.2) is 29.1 Å². The fourth-order valence-electron chi connectivity index (χ4n) is 3.39. The van der Waals surface area contributed by atoms with Crippen molar-refractivity contribution < 1.29 is 8.42 Å². The fourth-order valence-corrected chi connectivity index (χ4v) is 5.68. The second kappa shape index (κ2) is 5.04. The van der Waals surface area contributed by atoms with Crippen molar-refractivity contribution in [1.82, 2.24) is 18.8 Å². The highest BCUT2D eigenvalue weighted by Crippen LogP contribution is 2.36. The van der Waals surface area contributed by atoms with Crippen LogP contribution in [0.1, 0.15) is 0 Å². The number of thiazole rings is 1. The van der Waals surface area contributed by atoms with E-state index in [1.807, 2.05) is 11.6 Å². The Hall–Kier alpha value is -1.45. The molecule has 0 aliphatic carbocycles. The van der Waals surface area contributed by atoms with Crippen molar-refractivity contribution in [1.29, 1.82) is 0 Å².